The molecule has 0 bridgehead atoms. The van der Waals surface area contributed by atoms with Crippen LogP contribution in [0.1, 0.15) is 49.9 Å². The summed E-state index contributed by atoms with van der Waals surface area (Å²) in [6.07, 6.45) is 0. The molecular weight excluding hydrogens is 921 g/mol. The maximum Gasteiger partial charge on any atom is 0.0542 e. The van der Waals surface area contributed by atoms with E-state index in [1.807, 2.05) is 0 Å². The predicted molar refractivity (Wildman–Crippen MR) is 320 cm³/mol. The summed E-state index contributed by atoms with van der Waals surface area (Å²) in [5.41, 5.74) is 23.9. The highest BCUT2D eigenvalue weighted by Crippen LogP contribution is 2.55. The maximum absolute atomic E-state index is 2.48. The van der Waals surface area contributed by atoms with Crippen LogP contribution in [0.5, 0.6) is 0 Å². The summed E-state index contributed by atoms with van der Waals surface area (Å²) < 4.78 is 4.78. The molecule has 4 heteroatoms. The van der Waals surface area contributed by atoms with Crippen LogP contribution in [-0.2, 0) is 10.8 Å². The summed E-state index contributed by atoms with van der Waals surface area (Å²) in [4.78, 5) is 4.97. The molecule has 2 aromatic heterocycles. The van der Waals surface area contributed by atoms with Gasteiger partial charge >= 0.3 is 0 Å². The topological polar surface area (TPSA) is 16.3 Å². The summed E-state index contributed by atoms with van der Waals surface area (Å²) >= 11 is 0. The minimum Gasteiger partial charge on any atom is -0.310 e. The third kappa shape index (κ3) is 6.50. The van der Waals surface area contributed by atoms with Crippen LogP contribution in [0.25, 0.3) is 77.2 Å². The van der Waals surface area contributed by atoms with E-state index in [9.17, 15) is 0 Å². The average Bonchev–Trinajstić information content (AvgIpc) is 4.04. The second-order valence-corrected chi connectivity index (χ2v) is 21.8. The molecule has 0 atom stereocenters. The first-order valence-electron chi connectivity index (χ1n) is 26.6. The van der Waals surface area contributed by atoms with Gasteiger partial charge in [-0.05, 0) is 154 Å². The fourth-order valence-corrected chi connectivity index (χ4v) is 13.1. The van der Waals surface area contributed by atoms with Crippen LogP contribution in [0.15, 0.2) is 255 Å². The zero-order valence-corrected chi connectivity index (χ0v) is 43.0. The van der Waals surface area contributed by atoms with Crippen LogP contribution in [0.2, 0.25) is 0 Å². The molecule has 0 spiro atoms. The van der Waals surface area contributed by atoms with Gasteiger partial charge in [-0.3, -0.25) is 0 Å². The van der Waals surface area contributed by atoms with E-state index in [1.54, 1.807) is 0 Å². The molecule has 15 rings (SSSR count). The molecule has 0 unspecified atom stereocenters. The summed E-state index contributed by atoms with van der Waals surface area (Å²) in [6.45, 7) is 9.52. The van der Waals surface area contributed by atoms with Crippen molar-refractivity contribution in [1.82, 2.24) is 9.13 Å². The van der Waals surface area contributed by atoms with Crippen LogP contribution in [-0.4, -0.2) is 9.13 Å². The van der Waals surface area contributed by atoms with E-state index in [-0.39, 0.29) is 10.8 Å². The van der Waals surface area contributed by atoms with Gasteiger partial charge in [0.15, 0.2) is 0 Å². The highest BCUT2D eigenvalue weighted by molar-refractivity contribution is 6.12. The Hall–Kier alpha value is -9.38. The molecule has 0 radical (unpaired) electrons. The minimum absolute atomic E-state index is 0.235. The number of rotatable bonds is 6. The number of anilines is 6. The molecule has 0 amide bonds. The predicted octanol–water partition coefficient (Wildman–Crippen LogP) is 19.4. The molecule has 2 aliphatic heterocycles. The second kappa shape index (κ2) is 16.6. The van der Waals surface area contributed by atoms with Crippen LogP contribution in [0, 0.1) is 0 Å². The lowest BCUT2D eigenvalue weighted by atomic mass is 9.72. The quantitative estimate of drug-likeness (QED) is 0.165. The summed E-state index contributed by atoms with van der Waals surface area (Å²) in [5.74, 6) is 0. The van der Waals surface area contributed by atoms with E-state index in [0.717, 1.165) is 22.7 Å². The molecule has 0 saturated carbocycles. The molecule has 2 aliphatic rings. The van der Waals surface area contributed by atoms with Crippen molar-refractivity contribution < 1.29 is 0 Å². The lowest BCUT2D eigenvalue weighted by molar-refractivity contribution is 0.632. The number of hydrogen-bond donors (Lipinski definition) is 0. The number of fused-ring (bicyclic) bond motifs is 10. The van der Waals surface area contributed by atoms with E-state index in [0.29, 0.717) is 0 Å². The first kappa shape index (κ1) is 44.1. The van der Waals surface area contributed by atoms with Gasteiger partial charge in [-0.25, -0.2) is 0 Å². The minimum atomic E-state index is -0.235. The lowest BCUT2D eigenvalue weighted by Crippen LogP contribution is -2.30. The Morgan fingerprint density at radius 2 is 0.579 bits per heavy atom. The zero-order valence-electron chi connectivity index (χ0n) is 43.0. The fourth-order valence-electron chi connectivity index (χ4n) is 13.1. The molecule has 4 nitrogen and oxygen atoms in total. The van der Waals surface area contributed by atoms with Gasteiger partial charge in [0.2, 0.25) is 0 Å². The monoisotopic (exact) mass is 974 g/mol. The van der Waals surface area contributed by atoms with Crippen LogP contribution in [0.3, 0.4) is 0 Å². The molecule has 11 aromatic carbocycles. The molecule has 4 heterocycles. The lowest BCUT2D eigenvalue weighted by Gasteiger charge is -2.42. The number of hydrogen-bond acceptors (Lipinski definition) is 2. The van der Waals surface area contributed by atoms with Crippen molar-refractivity contribution in [2.45, 2.75) is 38.5 Å². The van der Waals surface area contributed by atoms with Gasteiger partial charge in [-0.2, -0.15) is 0 Å². The SMILES string of the molecule is CC1(C)c2ccccc2N(c2ccc3c(c2)c2ccccc2n3-c2ccccc2)c2ccc(-c3ccc(-c4ccc5c(c4)C(C)(C)c4ccccc4N5c4ccc5c(c4)c4ccccc4n5-c4ccccc4)cc3)cc21. The second-order valence-electron chi connectivity index (χ2n) is 21.8. The van der Waals surface area contributed by atoms with Crippen molar-refractivity contribution in [3.8, 4) is 33.6 Å². The number of benzene rings is 11. The smallest absolute Gasteiger partial charge is 0.0542 e. The van der Waals surface area contributed by atoms with Gasteiger partial charge in [0.05, 0.1) is 44.8 Å². The number of para-hydroxylation sites is 6. The van der Waals surface area contributed by atoms with Crippen molar-refractivity contribution in [2.24, 2.45) is 0 Å². The van der Waals surface area contributed by atoms with Crippen molar-refractivity contribution in [2.75, 3.05) is 9.80 Å². The average molecular weight is 975 g/mol. The molecule has 0 aliphatic carbocycles. The molecule has 0 saturated heterocycles. The summed E-state index contributed by atoms with van der Waals surface area (Å²) in [6, 6.07) is 94.4. The Labute approximate surface area is 443 Å². The third-order valence-electron chi connectivity index (χ3n) is 16.9. The van der Waals surface area contributed by atoms with Crippen molar-refractivity contribution in [3.63, 3.8) is 0 Å². The molecule has 0 fully saturated rings. The molecular formula is C72H54N4. The zero-order chi connectivity index (χ0) is 50.9. The Bertz CT molecular complexity index is 4170. The Morgan fingerprint density at radius 1 is 0.237 bits per heavy atom. The van der Waals surface area contributed by atoms with E-state index in [4.69, 9.17) is 0 Å². The van der Waals surface area contributed by atoms with Crippen LogP contribution in [0.4, 0.5) is 34.1 Å². The Kier molecular flexibility index (Phi) is 9.62. The van der Waals surface area contributed by atoms with Gasteiger partial charge < -0.3 is 18.9 Å². The fraction of sp³-hybridized carbons (Fsp3) is 0.0833. The van der Waals surface area contributed by atoms with Gasteiger partial charge in [0.25, 0.3) is 0 Å². The maximum atomic E-state index is 2.48. The largest absolute Gasteiger partial charge is 0.310 e. The van der Waals surface area contributed by atoms with E-state index in [2.05, 4.69) is 301 Å². The first-order valence-corrected chi connectivity index (χ1v) is 26.6. The summed E-state index contributed by atoms with van der Waals surface area (Å²) in [5, 5.41) is 4.97. The van der Waals surface area contributed by atoms with Crippen molar-refractivity contribution in [1.29, 1.82) is 0 Å². The molecule has 362 valence electrons. The van der Waals surface area contributed by atoms with E-state index >= 15 is 0 Å². The molecule has 76 heavy (non-hydrogen) atoms. The van der Waals surface area contributed by atoms with Gasteiger partial charge in [-0.1, -0.05) is 173 Å². The van der Waals surface area contributed by atoms with Crippen molar-refractivity contribution >= 4 is 77.7 Å². The van der Waals surface area contributed by atoms with Gasteiger partial charge in [-0.15, -0.1) is 0 Å². The highest BCUT2D eigenvalue weighted by atomic mass is 15.2. The van der Waals surface area contributed by atoms with Crippen LogP contribution >= 0.6 is 0 Å². The van der Waals surface area contributed by atoms with Gasteiger partial charge in [0, 0.05) is 55.1 Å². The van der Waals surface area contributed by atoms with Crippen LogP contribution < -0.4 is 9.80 Å². The number of aromatic nitrogens is 2. The van der Waals surface area contributed by atoms with Crippen molar-refractivity contribution in [3.05, 3.63) is 277 Å². The molecule has 0 N–H and O–H groups in total. The summed E-state index contributed by atoms with van der Waals surface area (Å²) in [7, 11) is 0. The first-order chi connectivity index (χ1) is 37.2. The third-order valence-corrected chi connectivity index (χ3v) is 16.9. The molecule has 13 aromatic rings. The standard InChI is InChI=1S/C72H54N4/c1-71(2)59-25-13-17-29-67(59)75(53-37-41-65-57(45-53)55-23-11-15-27-63(55)73(65)51-19-7-5-8-20-51)69-39-35-49(43-61(69)71)47-31-33-48(34-32-47)50-36-40-70-62(44-50)72(3,4)60-26-14-18-30-68(60)76(70)54-38-42-66-58(46-54)56-24-12-16-28-64(56)74(66)52-21-9-6-10-22-52/h5-46H,1-4H3. The number of nitrogens with zero attached hydrogens (tertiary/aromatic N) is 4. The Morgan fingerprint density at radius 3 is 1.01 bits per heavy atom. The Balaban J connectivity index is 0.797. The normalized spacial score (nSPS) is 14.2. The van der Waals surface area contributed by atoms with Gasteiger partial charge in [0.1, 0.15) is 0 Å². The highest BCUT2D eigenvalue weighted by Gasteiger charge is 2.39. The van der Waals surface area contributed by atoms with E-state index < -0.39 is 0 Å². The van der Waals surface area contributed by atoms with E-state index in [1.165, 1.54) is 111 Å².